The number of benzene rings is 2. The lowest BCUT2D eigenvalue weighted by atomic mass is 10.1. The first kappa shape index (κ1) is 25.5. The molecule has 188 valence electrons. The van der Waals surface area contributed by atoms with Crippen LogP contribution in [0.2, 0.25) is 5.02 Å². The molecule has 2 heterocycles. The first-order valence-corrected chi connectivity index (χ1v) is 11.6. The zero-order valence-electron chi connectivity index (χ0n) is 19.7. The molecule has 1 aromatic heterocycles. The van der Waals surface area contributed by atoms with Gasteiger partial charge in [0.15, 0.2) is 0 Å². The van der Waals surface area contributed by atoms with Crippen molar-refractivity contribution in [2.45, 2.75) is 12.6 Å². The zero-order chi connectivity index (χ0) is 25.7. The van der Waals surface area contributed by atoms with Gasteiger partial charge in [0.1, 0.15) is 29.5 Å². The minimum atomic E-state index is -4.46. The Bertz CT molecular complexity index is 1290. The molecular formula is C26H25ClF3N5O. The average molecular weight is 516 g/mol. The summed E-state index contributed by atoms with van der Waals surface area (Å²) >= 11 is 6.39. The molecule has 0 amide bonds. The largest absolute Gasteiger partial charge is 0.456 e. The molecule has 0 atom stereocenters. The summed E-state index contributed by atoms with van der Waals surface area (Å²) in [6, 6.07) is 9.58. The van der Waals surface area contributed by atoms with Crippen LogP contribution in [0.25, 0.3) is 6.08 Å². The van der Waals surface area contributed by atoms with Crippen molar-refractivity contribution in [3.63, 3.8) is 0 Å². The molecule has 0 saturated heterocycles. The van der Waals surface area contributed by atoms with Crippen LogP contribution >= 0.6 is 11.6 Å². The molecule has 4 rings (SSSR count). The van der Waals surface area contributed by atoms with Crippen LogP contribution in [0, 0.1) is 0 Å². The molecular weight excluding hydrogens is 491 g/mol. The number of nitrogens with zero attached hydrogens (tertiary/aromatic N) is 3. The number of hydrogen-bond acceptors (Lipinski definition) is 6. The Labute approximate surface area is 212 Å². The highest BCUT2D eigenvalue weighted by molar-refractivity contribution is 6.32. The number of rotatable bonds is 7. The van der Waals surface area contributed by atoms with E-state index in [0.29, 0.717) is 11.5 Å². The second-order valence-electron chi connectivity index (χ2n) is 8.44. The van der Waals surface area contributed by atoms with Gasteiger partial charge in [-0.05, 0) is 68.6 Å². The third-order valence-corrected chi connectivity index (χ3v) is 5.60. The van der Waals surface area contributed by atoms with Crippen LogP contribution in [0.15, 0.2) is 66.5 Å². The Morgan fingerprint density at radius 2 is 2.00 bits per heavy atom. The van der Waals surface area contributed by atoms with Gasteiger partial charge in [-0.1, -0.05) is 29.8 Å². The first-order valence-electron chi connectivity index (χ1n) is 11.2. The van der Waals surface area contributed by atoms with E-state index < -0.39 is 11.7 Å². The van der Waals surface area contributed by atoms with E-state index in [1.54, 1.807) is 18.2 Å². The zero-order valence-corrected chi connectivity index (χ0v) is 20.5. The van der Waals surface area contributed by atoms with Crippen LogP contribution in [0.1, 0.15) is 17.5 Å². The summed E-state index contributed by atoms with van der Waals surface area (Å²) in [6.07, 6.45) is 4.12. The third kappa shape index (κ3) is 6.56. The van der Waals surface area contributed by atoms with Crippen molar-refractivity contribution in [3.05, 3.63) is 82.7 Å². The maximum atomic E-state index is 13.0. The summed E-state index contributed by atoms with van der Waals surface area (Å²) in [5.74, 6) is 1.59. The lowest BCUT2D eigenvalue weighted by Gasteiger charge is -2.14. The lowest BCUT2D eigenvalue weighted by molar-refractivity contribution is -0.137. The van der Waals surface area contributed by atoms with Crippen LogP contribution in [0.3, 0.4) is 0 Å². The lowest BCUT2D eigenvalue weighted by Crippen LogP contribution is -2.10. The summed E-state index contributed by atoms with van der Waals surface area (Å²) in [5, 5.41) is 6.82. The predicted octanol–water partition coefficient (Wildman–Crippen LogP) is 7.00. The standard InChI is InChI=1S/C26H25ClF3N5O/c1-35(2)12-4-5-17-10-11-31-24-21(13-17)25(33-16-32-24)34-19-8-9-23(22(27)15-19)36-20-7-3-6-18(14-20)26(28,29)30/h3-9,13-16H,10-12H2,1-2H3,(H2,31,32,33,34)/b5-4+. The number of ether oxygens (including phenoxy) is 1. The number of halogens is 4. The van der Waals surface area contributed by atoms with E-state index in [-0.39, 0.29) is 16.5 Å². The first-order chi connectivity index (χ1) is 17.2. The maximum Gasteiger partial charge on any atom is 0.416 e. The topological polar surface area (TPSA) is 62.3 Å². The molecule has 0 spiro atoms. The monoisotopic (exact) mass is 515 g/mol. The molecule has 1 aliphatic rings. The van der Waals surface area contributed by atoms with E-state index in [0.717, 1.165) is 48.6 Å². The number of alkyl halides is 3. The average Bonchev–Trinajstić information content (AvgIpc) is 3.03. The molecule has 2 aromatic carbocycles. The molecule has 3 aromatic rings. The van der Waals surface area contributed by atoms with Gasteiger partial charge < -0.3 is 20.3 Å². The number of aromatic nitrogens is 2. The van der Waals surface area contributed by atoms with Crippen LogP contribution < -0.4 is 15.4 Å². The summed E-state index contributed by atoms with van der Waals surface area (Å²) in [4.78, 5) is 10.9. The van der Waals surface area contributed by atoms with E-state index in [1.807, 2.05) is 14.1 Å². The quantitative estimate of drug-likeness (QED) is 0.353. The third-order valence-electron chi connectivity index (χ3n) is 5.31. The number of allylic oxidation sites excluding steroid dienone is 1. The van der Waals surface area contributed by atoms with E-state index >= 15 is 0 Å². The molecule has 0 radical (unpaired) electrons. The second-order valence-corrected chi connectivity index (χ2v) is 8.85. The molecule has 0 unspecified atom stereocenters. The van der Waals surface area contributed by atoms with Crippen molar-refractivity contribution < 1.29 is 17.9 Å². The molecule has 1 aliphatic heterocycles. The SMILES string of the molecule is CN(C)C/C=C/C1=Cc2c(ncnc2Nc2ccc(Oc3cccc(C(F)(F)F)c3)c(Cl)c2)NCC1. The van der Waals surface area contributed by atoms with Crippen molar-refractivity contribution in [2.75, 3.05) is 37.8 Å². The van der Waals surface area contributed by atoms with Crippen molar-refractivity contribution in [3.8, 4) is 11.5 Å². The van der Waals surface area contributed by atoms with Gasteiger partial charge in [0.05, 0.1) is 16.1 Å². The van der Waals surface area contributed by atoms with Crippen molar-refractivity contribution in [1.29, 1.82) is 0 Å². The van der Waals surface area contributed by atoms with Crippen LogP contribution in [0.4, 0.5) is 30.5 Å². The molecule has 10 heteroatoms. The van der Waals surface area contributed by atoms with E-state index in [1.165, 1.54) is 18.5 Å². The van der Waals surface area contributed by atoms with E-state index in [2.05, 4.69) is 43.7 Å². The highest BCUT2D eigenvalue weighted by atomic mass is 35.5. The van der Waals surface area contributed by atoms with Crippen LogP contribution in [-0.2, 0) is 6.18 Å². The van der Waals surface area contributed by atoms with Gasteiger partial charge in [-0.2, -0.15) is 13.2 Å². The molecule has 0 saturated carbocycles. The summed E-state index contributed by atoms with van der Waals surface area (Å²) in [7, 11) is 4.03. The van der Waals surface area contributed by atoms with E-state index in [9.17, 15) is 13.2 Å². The normalized spacial score (nSPS) is 13.7. The van der Waals surface area contributed by atoms with Gasteiger partial charge >= 0.3 is 6.18 Å². The predicted molar refractivity (Wildman–Crippen MR) is 137 cm³/mol. The minimum absolute atomic E-state index is 0.0413. The van der Waals surface area contributed by atoms with Crippen LogP contribution in [0.5, 0.6) is 11.5 Å². The highest BCUT2D eigenvalue weighted by Gasteiger charge is 2.30. The Morgan fingerprint density at radius 3 is 2.75 bits per heavy atom. The second kappa shape index (κ2) is 11.0. The number of fused-ring (bicyclic) bond motifs is 1. The Hall–Kier alpha value is -3.56. The molecule has 36 heavy (non-hydrogen) atoms. The Kier molecular flexibility index (Phi) is 7.81. The summed E-state index contributed by atoms with van der Waals surface area (Å²) in [5.41, 5.74) is 1.81. The minimum Gasteiger partial charge on any atom is -0.456 e. The molecule has 0 bridgehead atoms. The highest BCUT2D eigenvalue weighted by Crippen LogP contribution is 2.36. The van der Waals surface area contributed by atoms with Crippen molar-refractivity contribution >= 4 is 35.0 Å². The van der Waals surface area contributed by atoms with Crippen molar-refractivity contribution in [1.82, 2.24) is 14.9 Å². The Balaban J connectivity index is 1.55. The van der Waals surface area contributed by atoms with Gasteiger partial charge in [-0.3, -0.25) is 0 Å². The number of anilines is 3. The fourth-order valence-electron chi connectivity index (χ4n) is 3.56. The van der Waals surface area contributed by atoms with Gasteiger partial charge in [0.2, 0.25) is 0 Å². The number of likely N-dealkylation sites (N-methyl/N-ethyl adjacent to an activating group) is 1. The van der Waals surface area contributed by atoms with Gasteiger partial charge in [-0.15, -0.1) is 0 Å². The maximum absolute atomic E-state index is 13.0. The number of hydrogen-bond donors (Lipinski definition) is 2. The van der Waals surface area contributed by atoms with Crippen molar-refractivity contribution in [2.24, 2.45) is 0 Å². The smallest absolute Gasteiger partial charge is 0.416 e. The summed E-state index contributed by atoms with van der Waals surface area (Å²) in [6.45, 7) is 1.58. The molecule has 0 fully saturated rings. The summed E-state index contributed by atoms with van der Waals surface area (Å²) < 4.78 is 44.6. The van der Waals surface area contributed by atoms with Gasteiger partial charge in [0.25, 0.3) is 0 Å². The fraction of sp³-hybridized carbons (Fsp3) is 0.231. The fourth-order valence-corrected chi connectivity index (χ4v) is 3.78. The molecule has 2 N–H and O–H groups in total. The molecule has 0 aliphatic carbocycles. The number of nitrogens with one attached hydrogen (secondary N) is 2. The van der Waals surface area contributed by atoms with Gasteiger partial charge in [0, 0.05) is 18.8 Å². The molecule has 6 nitrogen and oxygen atoms in total. The Morgan fingerprint density at radius 1 is 1.17 bits per heavy atom. The van der Waals surface area contributed by atoms with E-state index in [4.69, 9.17) is 16.3 Å². The van der Waals surface area contributed by atoms with Gasteiger partial charge in [-0.25, -0.2) is 9.97 Å². The van der Waals surface area contributed by atoms with Crippen LogP contribution in [-0.4, -0.2) is 42.1 Å².